The van der Waals surface area contributed by atoms with E-state index in [0.717, 1.165) is 0 Å². The van der Waals surface area contributed by atoms with Crippen molar-refractivity contribution in [3.05, 3.63) is 0 Å². The van der Waals surface area contributed by atoms with Crippen LogP contribution < -0.4 is 0 Å². The lowest BCUT2D eigenvalue weighted by molar-refractivity contribution is -0.174. The molecule has 1 rings (SSSR count). The van der Waals surface area contributed by atoms with Gasteiger partial charge in [-0.25, -0.2) is 30.4 Å². The van der Waals surface area contributed by atoms with Crippen molar-refractivity contribution in [3.8, 4) is 0 Å². The first-order chi connectivity index (χ1) is 6.51. The van der Waals surface area contributed by atoms with E-state index >= 15 is 0 Å². The van der Waals surface area contributed by atoms with Gasteiger partial charge < -0.3 is 0 Å². The summed E-state index contributed by atoms with van der Waals surface area (Å²) in [6, 6.07) is 0. The SMILES string of the molecule is O=S1(=O)C(F)C(F)C(F)(C(F)F)C1(F)F. The van der Waals surface area contributed by atoms with Crippen molar-refractivity contribution >= 4 is 9.84 Å². The fraction of sp³-hybridized carbons (Fsp3) is 1.00. The fourth-order valence-corrected chi connectivity index (χ4v) is 2.55. The van der Waals surface area contributed by atoms with Crippen LogP contribution in [0.25, 0.3) is 0 Å². The minimum Gasteiger partial charge on any atom is -0.239 e. The number of alkyl halides is 7. The summed E-state index contributed by atoms with van der Waals surface area (Å²) in [5.74, 6) is 0. The number of rotatable bonds is 1. The predicted octanol–water partition coefficient (Wildman–Crippen LogP) is 1.61. The van der Waals surface area contributed by atoms with E-state index in [1.54, 1.807) is 0 Å². The van der Waals surface area contributed by atoms with Gasteiger partial charge in [0.2, 0.25) is 5.50 Å². The monoisotopic (exact) mass is 260 g/mol. The maximum absolute atomic E-state index is 12.9. The van der Waals surface area contributed by atoms with Gasteiger partial charge in [0.1, 0.15) is 0 Å². The Morgan fingerprint density at radius 1 is 1.07 bits per heavy atom. The molecule has 0 aromatic carbocycles. The van der Waals surface area contributed by atoms with Crippen LogP contribution in [0.2, 0.25) is 0 Å². The summed E-state index contributed by atoms with van der Waals surface area (Å²) in [4.78, 5) is 0. The Kier molecular flexibility index (Phi) is 2.49. The molecule has 0 spiro atoms. The second kappa shape index (κ2) is 2.98. The smallest absolute Gasteiger partial charge is 0.239 e. The second-order valence-corrected chi connectivity index (χ2v) is 4.94. The Bertz CT molecular complexity index is 366. The summed E-state index contributed by atoms with van der Waals surface area (Å²) < 4.78 is 108. The van der Waals surface area contributed by atoms with Crippen LogP contribution in [-0.2, 0) is 9.84 Å². The van der Waals surface area contributed by atoms with Crippen LogP contribution in [0.15, 0.2) is 0 Å². The lowest BCUT2D eigenvalue weighted by atomic mass is 10.0. The summed E-state index contributed by atoms with van der Waals surface area (Å²) >= 11 is 0. The van der Waals surface area contributed by atoms with Crippen LogP contribution in [0.5, 0.6) is 0 Å². The summed E-state index contributed by atoms with van der Waals surface area (Å²) in [6.45, 7) is 0. The Labute approximate surface area is 79.0 Å². The van der Waals surface area contributed by atoms with Gasteiger partial charge in [-0.15, -0.1) is 0 Å². The molecule has 0 bridgehead atoms. The number of halogens is 7. The van der Waals surface area contributed by atoms with Crippen molar-refractivity contribution < 1.29 is 39.2 Å². The molecule has 0 aliphatic carbocycles. The average molecular weight is 260 g/mol. The van der Waals surface area contributed by atoms with E-state index < -0.39 is 38.9 Å². The van der Waals surface area contributed by atoms with Gasteiger partial charge in [0.25, 0.3) is 21.9 Å². The molecule has 1 aliphatic heterocycles. The molecule has 1 heterocycles. The Morgan fingerprint density at radius 3 is 1.60 bits per heavy atom. The van der Waals surface area contributed by atoms with Gasteiger partial charge in [-0.05, 0) is 0 Å². The molecule has 1 fully saturated rings. The Balaban J connectivity index is 3.47. The standard InChI is InChI=1S/C5H3F7O2S/c6-1-2(7)15(13,14)5(11,12)4(1,10)3(8)9/h1-3H. The molecule has 0 radical (unpaired) electrons. The minimum absolute atomic E-state index is 3.99. The molecule has 1 saturated heterocycles. The van der Waals surface area contributed by atoms with Gasteiger partial charge in [-0.1, -0.05) is 0 Å². The van der Waals surface area contributed by atoms with Crippen LogP contribution in [0.4, 0.5) is 30.7 Å². The molecule has 0 aromatic heterocycles. The van der Waals surface area contributed by atoms with E-state index in [9.17, 15) is 39.2 Å². The van der Waals surface area contributed by atoms with Crippen molar-refractivity contribution in [1.82, 2.24) is 0 Å². The molecule has 3 atom stereocenters. The second-order valence-electron chi connectivity index (χ2n) is 2.88. The molecule has 3 unspecified atom stereocenters. The lowest BCUT2D eigenvalue weighted by Crippen LogP contribution is -2.53. The normalized spacial score (nSPS) is 43.5. The molecule has 90 valence electrons. The van der Waals surface area contributed by atoms with Crippen molar-refractivity contribution in [2.45, 2.75) is 29.0 Å². The fourth-order valence-electron chi connectivity index (χ4n) is 1.12. The summed E-state index contributed by atoms with van der Waals surface area (Å²) in [5, 5.41) is -5.78. The lowest BCUT2D eigenvalue weighted by Gasteiger charge is -2.24. The highest BCUT2D eigenvalue weighted by molar-refractivity contribution is 7.93. The Hall–Kier alpha value is -0.540. The van der Waals surface area contributed by atoms with E-state index in [4.69, 9.17) is 0 Å². The maximum Gasteiger partial charge on any atom is 0.390 e. The first kappa shape index (κ1) is 12.5. The van der Waals surface area contributed by atoms with E-state index in [0.29, 0.717) is 0 Å². The van der Waals surface area contributed by atoms with E-state index in [1.165, 1.54) is 0 Å². The molecule has 10 heteroatoms. The zero-order valence-electron chi connectivity index (χ0n) is 6.60. The summed E-state index contributed by atoms with van der Waals surface area (Å²) in [5.41, 5.74) is -9.34. The van der Waals surface area contributed by atoms with Crippen LogP contribution >= 0.6 is 0 Å². The van der Waals surface area contributed by atoms with E-state index in [-0.39, 0.29) is 0 Å². The molecule has 0 saturated carbocycles. The minimum atomic E-state index is -6.24. The molecule has 2 nitrogen and oxygen atoms in total. The van der Waals surface area contributed by atoms with E-state index in [1.807, 2.05) is 0 Å². The molecule has 0 N–H and O–H groups in total. The summed E-state index contributed by atoms with van der Waals surface area (Å²) in [7, 11) is -6.24. The average Bonchev–Trinajstić information content (AvgIpc) is 2.19. The number of sulfone groups is 1. The third-order valence-electron chi connectivity index (χ3n) is 2.05. The molecule has 0 amide bonds. The van der Waals surface area contributed by atoms with Crippen molar-refractivity contribution in [1.29, 1.82) is 0 Å². The highest BCUT2D eigenvalue weighted by Crippen LogP contribution is 2.54. The van der Waals surface area contributed by atoms with Gasteiger partial charge >= 0.3 is 5.25 Å². The molecular weight excluding hydrogens is 257 g/mol. The largest absolute Gasteiger partial charge is 0.390 e. The zero-order valence-corrected chi connectivity index (χ0v) is 7.42. The maximum atomic E-state index is 12.9. The molecule has 1 aliphatic rings. The Morgan fingerprint density at radius 2 is 1.47 bits per heavy atom. The molecule has 15 heavy (non-hydrogen) atoms. The van der Waals surface area contributed by atoms with Gasteiger partial charge in [0.05, 0.1) is 0 Å². The number of hydrogen-bond donors (Lipinski definition) is 0. The van der Waals surface area contributed by atoms with Gasteiger partial charge in [-0.3, -0.25) is 0 Å². The van der Waals surface area contributed by atoms with Crippen molar-refractivity contribution in [3.63, 3.8) is 0 Å². The molecular formula is C5H3F7O2S. The summed E-state index contributed by atoms with van der Waals surface area (Å²) in [6.07, 6.45) is -8.77. The van der Waals surface area contributed by atoms with Gasteiger partial charge in [-0.2, -0.15) is 8.78 Å². The van der Waals surface area contributed by atoms with Crippen LogP contribution in [0.1, 0.15) is 0 Å². The number of hydrogen-bond acceptors (Lipinski definition) is 2. The highest BCUT2D eigenvalue weighted by atomic mass is 32.2. The first-order valence-corrected chi connectivity index (χ1v) is 4.92. The van der Waals surface area contributed by atoms with Crippen LogP contribution in [0, 0.1) is 0 Å². The van der Waals surface area contributed by atoms with Gasteiger partial charge in [0, 0.05) is 0 Å². The highest BCUT2D eigenvalue weighted by Gasteiger charge is 2.83. The van der Waals surface area contributed by atoms with E-state index in [2.05, 4.69) is 0 Å². The van der Waals surface area contributed by atoms with Crippen molar-refractivity contribution in [2.75, 3.05) is 0 Å². The predicted molar refractivity (Wildman–Crippen MR) is 33.5 cm³/mol. The van der Waals surface area contributed by atoms with Gasteiger partial charge in [0.15, 0.2) is 6.17 Å². The van der Waals surface area contributed by atoms with Crippen LogP contribution in [-0.4, -0.2) is 37.4 Å². The quantitative estimate of drug-likeness (QED) is 0.671. The zero-order chi connectivity index (χ0) is 12.2. The molecule has 0 aromatic rings. The van der Waals surface area contributed by atoms with Crippen LogP contribution in [0.3, 0.4) is 0 Å². The third-order valence-corrected chi connectivity index (χ3v) is 3.91. The van der Waals surface area contributed by atoms with Crippen molar-refractivity contribution in [2.24, 2.45) is 0 Å². The first-order valence-electron chi connectivity index (χ1n) is 3.37. The third kappa shape index (κ3) is 1.14. The topological polar surface area (TPSA) is 34.1 Å².